The second-order valence-corrected chi connectivity index (χ2v) is 16.1. The molecule has 0 saturated heterocycles. The van der Waals surface area contributed by atoms with E-state index in [1.165, 1.54) is 90.2 Å². The van der Waals surface area contributed by atoms with Gasteiger partial charge in [-0.1, -0.05) is 164 Å². The normalized spacial score (nSPS) is 11.6. The van der Waals surface area contributed by atoms with Crippen LogP contribution in [0.2, 0.25) is 0 Å². The molecule has 0 aliphatic carbocycles. The van der Waals surface area contributed by atoms with Crippen LogP contribution in [0.15, 0.2) is 200 Å². The third kappa shape index (κ3) is 5.35. The van der Waals surface area contributed by atoms with Gasteiger partial charge < -0.3 is 4.90 Å². The van der Waals surface area contributed by atoms with Crippen LogP contribution in [-0.2, 0) is 0 Å². The van der Waals surface area contributed by atoms with Gasteiger partial charge in [0.15, 0.2) is 0 Å². The van der Waals surface area contributed by atoms with Gasteiger partial charge in [0.05, 0.1) is 10.4 Å². The molecule has 0 aliphatic rings. The molecule has 258 valence electrons. The van der Waals surface area contributed by atoms with Gasteiger partial charge in [0, 0.05) is 52.4 Å². The minimum absolute atomic E-state index is 1.12. The summed E-state index contributed by atoms with van der Waals surface area (Å²) in [7, 11) is 0. The number of hydrogen-bond donors (Lipinski definition) is 0. The molecule has 0 amide bonds. The van der Waals surface area contributed by atoms with Crippen LogP contribution in [0.4, 0.5) is 17.1 Å². The second kappa shape index (κ2) is 13.1. The standard InChI is InChI=1S/C52H33NS2/c1-3-12-34(13-4-1)36-22-24-37(25-23-36)39-28-32-41(33-29-39)53(40-30-26-38(27-31-40)35-14-5-2-6-15-35)46-20-11-19-45-49-51(55-50(45)46)43-17-8-7-16-42(43)48-44-18-9-10-21-47(44)54-52(48)49/h1-33H. The first kappa shape index (κ1) is 32.0. The van der Waals surface area contributed by atoms with Gasteiger partial charge in [-0.2, -0.15) is 0 Å². The molecule has 0 aliphatic heterocycles. The van der Waals surface area contributed by atoms with Crippen LogP contribution >= 0.6 is 22.7 Å². The predicted molar refractivity (Wildman–Crippen MR) is 241 cm³/mol. The van der Waals surface area contributed by atoms with Crippen molar-refractivity contribution in [2.24, 2.45) is 0 Å². The van der Waals surface area contributed by atoms with E-state index in [0.717, 1.165) is 11.4 Å². The Kier molecular flexibility index (Phi) is 7.61. The zero-order chi connectivity index (χ0) is 36.3. The lowest BCUT2D eigenvalue weighted by Gasteiger charge is -2.26. The maximum atomic E-state index is 2.44. The summed E-state index contributed by atoms with van der Waals surface area (Å²) in [5.41, 5.74) is 10.7. The fourth-order valence-corrected chi connectivity index (χ4v) is 10.9. The predicted octanol–water partition coefficient (Wildman–Crippen LogP) is 16.0. The molecule has 0 bridgehead atoms. The Morgan fingerprint density at radius 2 is 0.727 bits per heavy atom. The van der Waals surface area contributed by atoms with Gasteiger partial charge in [0.2, 0.25) is 0 Å². The van der Waals surface area contributed by atoms with E-state index in [1.54, 1.807) is 0 Å². The van der Waals surface area contributed by atoms with E-state index >= 15 is 0 Å². The molecule has 0 saturated carbocycles. The van der Waals surface area contributed by atoms with Crippen molar-refractivity contribution in [3.63, 3.8) is 0 Å². The number of rotatable bonds is 6. The van der Waals surface area contributed by atoms with Crippen molar-refractivity contribution >= 4 is 90.9 Å². The van der Waals surface area contributed by atoms with Crippen LogP contribution in [0, 0.1) is 0 Å². The fraction of sp³-hybridized carbons (Fsp3) is 0. The average Bonchev–Trinajstić information content (AvgIpc) is 3.85. The third-order valence-corrected chi connectivity index (χ3v) is 13.3. The summed E-state index contributed by atoms with van der Waals surface area (Å²) in [6.45, 7) is 0. The van der Waals surface area contributed by atoms with E-state index in [9.17, 15) is 0 Å². The van der Waals surface area contributed by atoms with Crippen LogP contribution in [0.5, 0.6) is 0 Å². The molecule has 0 unspecified atom stereocenters. The SMILES string of the molecule is c1ccc(-c2ccc(-c3ccc(N(c4ccc(-c5ccccc5)cc4)c4cccc5c4sc4c6ccccc6c6c7ccccc7sc6c54)cc3)cc2)cc1. The number of thiophene rings is 2. The lowest BCUT2D eigenvalue weighted by Crippen LogP contribution is -2.10. The zero-order valence-electron chi connectivity index (χ0n) is 29.8. The van der Waals surface area contributed by atoms with Crippen molar-refractivity contribution in [1.29, 1.82) is 0 Å². The molecule has 1 nitrogen and oxygen atoms in total. The van der Waals surface area contributed by atoms with Crippen molar-refractivity contribution in [2.45, 2.75) is 0 Å². The van der Waals surface area contributed by atoms with Crippen molar-refractivity contribution in [2.75, 3.05) is 4.90 Å². The number of nitrogens with zero attached hydrogens (tertiary/aromatic N) is 1. The van der Waals surface area contributed by atoms with E-state index in [1.807, 2.05) is 22.7 Å². The summed E-state index contributed by atoms with van der Waals surface area (Å²) >= 11 is 3.85. The van der Waals surface area contributed by atoms with Gasteiger partial charge >= 0.3 is 0 Å². The first-order chi connectivity index (χ1) is 27.3. The highest BCUT2D eigenvalue weighted by molar-refractivity contribution is 7.30. The van der Waals surface area contributed by atoms with Crippen LogP contribution in [-0.4, -0.2) is 0 Å². The molecule has 2 aromatic heterocycles. The first-order valence-corrected chi connectivity index (χ1v) is 20.3. The number of benzene rings is 9. The lowest BCUT2D eigenvalue weighted by molar-refractivity contribution is 1.30. The number of anilines is 3. The zero-order valence-corrected chi connectivity index (χ0v) is 31.4. The monoisotopic (exact) mass is 735 g/mol. The molecule has 0 N–H and O–H groups in total. The van der Waals surface area contributed by atoms with Crippen LogP contribution in [0.1, 0.15) is 0 Å². The quantitative estimate of drug-likeness (QED) is 0.164. The summed E-state index contributed by atoms with van der Waals surface area (Å²) in [5, 5.41) is 8.03. The van der Waals surface area contributed by atoms with Gasteiger partial charge in [-0.3, -0.25) is 0 Å². The van der Waals surface area contributed by atoms with Gasteiger partial charge in [-0.15, -0.1) is 22.7 Å². The highest BCUT2D eigenvalue weighted by Crippen LogP contribution is 2.52. The molecule has 0 fully saturated rings. The molecule has 55 heavy (non-hydrogen) atoms. The van der Waals surface area contributed by atoms with E-state index in [-0.39, 0.29) is 0 Å². The van der Waals surface area contributed by atoms with Crippen molar-refractivity contribution in [1.82, 2.24) is 0 Å². The van der Waals surface area contributed by atoms with Gasteiger partial charge in [-0.25, -0.2) is 0 Å². The van der Waals surface area contributed by atoms with Crippen LogP contribution in [0.3, 0.4) is 0 Å². The first-order valence-electron chi connectivity index (χ1n) is 18.7. The Labute approximate surface area is 327 Å². The van der Waals surface area contributed by atoms with Crippen LogP contribution in [0.25, 0.3) is 84.5 Å². The highest BCUT2D eigenvalue weighted by atomic mass is 32.1. The minimum atomic E-state index is 1.12. The second-order valence-electron chi connectivity index (χ2n) is 14.0. The Bertz CT molecular complexity index is 3160. The lowest BCUT2D eigenvalue weighted by atomic mass is 9.99. The summed E-state index contributed by atoms with van der Waals surface area (Å²) in [6.07, 6.45) is 0. The molecule has 3 heteroatoms. The summed E-state index contributed by atoms with van der Waals surface area (Å²) in [5.74, 6) is 0. The molecular weight excluding hydrogens is 703 g/mol. The third-order valence-electron chi connectivity index (χ3n) is 10.9. The molecule has 2 heterocycles. The molecular formula is C52H33NS2. The smallest absolute Gasteiger partial charge is 0.0640 e. The Hall–Kier alpha value is -6.52. The molecule has 0 atom stereocenters. The van der Waals surface area contributed by atoms with E-state index < -0.39 is 0 Å². The maximum Gasteiger partial charge on any atom is 0.0640 e. The van der Waals surface area contributed by atoms with E-state index in [2.05, 4.69) is 205 Å². The van der Waals surface area contributed by atoms with Gasteiger partial charge in [0.25, 0.3) is 0 Å². The van der Waals surface area contributed by atoms with E-state index in [0.29, 0.717) is 0 Å². The van der Waals surface area contributed by atoms with Crippen molar-refractivity contribution in [3.8, 4) is 33.4 Å². The minimum Gasteiger partial charge on any atom is -0.309 e. The van der Waals surface area contributed by atoms with Crippen LogP contribution < -0.4 is 4.90 Å². The summed E-state index contributed by atoms with van der Waals surface area (Å²) in [6, 6.07) is 72.9. The maximum absolute atomic E-state index is 2.44. The topological polar surface area (TPSA) is 3.24 Å². The van der Waals surface area contributed by atoms with E-state index in [4.69, 9.17) is 0 Å². The van der Waals surface area contributed by atoms with Crippen molar-refractivity contribution in [3.05, 3.63) is 200 Å². The fourth-order valence-electron chi connectivity index (χ4n) is 8.23. The molecule has 9 aromatic carbocycles. The highest BCUT2D eigenvalue weighted by Gasteiger charge is 2.22. The molecule has 11 rings (SSSR count). The van der Waals surface area contributed by atoms with Gasteiger partial charge in [0.1, 0.15) is 0 Å². The molecule has 11 aromatic rings. The Balaban J connectivity index is 1.09. The molecule has 0 spiro atoms. The molecule has 0 radical (unpaired) electrons. The largest absolute Gasteiger partial charge is 0.309 e. The summed E-state index contributed by atoms with van der Waals surface area (Å²) in [4.78, 5) is 2.44. The Morgan fingerprint density at radius 3 is 1.31 bits per heavy atom. The number of fused-ring (bicyclic) bond motifs is 10. The average molecular weight is 736 g/mol. The summed E-state index contributed by atoms with van der Waals surface area (Å²) < 4.78 is 5.35. The number of hydrogen-bond acceptors (Lipinski definition) is 3. The Morgan fingerprint density at radius 1 is 0.273 bits per heavy atom. The van der Waals surface area contributed by atoms with Gasteiger partial charge in [-0.05, 0) is 75.2 Å². The van der Waals surface area contributed by atoms with Crippen molar-refractivity contribution < 1.29 is 0 Å².